The van der Waals surface area contributed by atoms with Gasteiger partial charge in [-0.25, -0.2) is 0 Å². The molecule has 24 heavy (non-hydrogen) atoms. The van der Waals surface area contributed by atoms with Crippen molar-refractivity contribution in [2.24, 2.45) is 0 Å². The van der Waals surface area contributed by atoms with E-state index in [0.717, 1.165) is 40.3 Å². The lowest BCUT2D eigenvalue weighted by Gasteiger charge is -2.20. The summed E-state index contributed by atoms with van der Waals surface area (Å²) in [5, 5.41) is 8.70. The number of hydrogen-bond donors (Lipinski definition) is 1. The molecule has 0 amide bonds. The van der Waals surface area contributed by atoms with Gasteiger partial charge in [-0.05, 0) is 24.3 Å². The van der Waals surface area contributed by atoms with Gasteiger partial charge in [0.15, 0.2) is 0 Å². The quantitative estimate of drug-likeness (QED) is 0.791. The van der Waals surface area contributed by atoms with Gasteiger partial charge in [0, 0.05) is 35.8 Å². The van der Waals surface area contributed by atoms with Crippen LogP contribution in [0, 0.1) is 0 Å². The fraction of sp³-hybridized carbons (Fsp3) is 0.368. The lowest BCUT2D eigenvalue weighted by atomic mass is 9.92. The third kappa shape index (κ3) is 3.20. The summed E-state index contributed by atoms with van der Waals surface area (Å²) in [6, 6.07) is 10.2. The molecule has 0 saturated heterocycles. The molecule has 0 fully saturated rings. The van der Waals surface area contributed by atoms with Crippen LogP contribution in [-0.2, 0) is 12.0 Å². The first-order valence-corrected chi connectivity index (χ1v) is 8.07. The molecule has 0 aliphatic heterocycles. The zero-order valence-corrected chi connectivity index (χ0v) is 14.9. The van der Waals surface area contributed by atoms with Crippen LogP contribution in [0.4, 0.5) is 5.69 Å². The van der Waals surface area contributed by atoms with Gasteiger partial charge in [-0.15, -0.1) is 0 Å². The van der Waals surface area contributed by atoms with E-state index in [9.17, 15) is 0 Å². The van der Waals surface area contributed by atoms with Gasteiger partial charge in [-0.3, -0.25) is 10.1 Å². The highest BCUT2D eigenvalue weighted by atomic mass is 16.5. The van der Waals surface area contributed by atoms with Gasteiger partial charge in [-0.2, -0.15) is 5.10 Å². The van der Waals surface area contributed by atoms with Crippen molar-refractivity contribution in [2.45, 2.75) is 32.7 Å². The molecule has 0 aliphatic rings. The minimum absolute atomic E-state index is 0.0488. The summed E-state index contributed by atoms with van der Waals surface area (Å²) >= 11 is 0. The Labute approximate surface area is 142 Å². The summed E-state index contributed by atoms with van der Waals surface area (Å²) in [5.41, 5.74) is 4.29. The number of nitrogens with one attached hydrogen (secondary N) is 1. The number of rotatable bonds is 4. The van der Waals surface area contributed by atoms with E-state index in [1.165, 1.54) is 0 Å². The van der Waals surface area contributed by atoms with Crippen LogP contribution in [0.1, 0.15) is 32.2 Å². The van der Waals surface area contributed by atoms with Crippen LogP contribution in [0.5, 0.6) is 5.75 Å². The molecule has 0 unspecified atom stereocenters. The minimum atomic E-state index is 0.0488. The minimum Gasteiger partial charge on any atom is -0.497 e. The molecular formula is C19H24N4O. The van der Waals surface area contributed by atoms with E-state index in [-0.39, 0.29) is 5.41 Å². The van der Waals surface area contributed by atoms with Crippen molar-refractivity contribution in [1.82, 2.24) is 15.2 Å². The molecule has 0 saturated carbocycles. The van der Waals surface area contributed by atoms with E-state index < -0.39 is 0 Å². The number of fused-ring (bicyclic) bond motifs is 1. The number of ether oxygens (including phenoxy) is 1. The van der Waals surface area contributed by atoms with E-state index >= 15 is 0 Å². The smallest absolute Gasteiger partial charge is 0.121 e. The molecular weight excluding hydrogens is 300 g/mol. The normalized spacial score (nSPS) is 11.7. The number of hydrogen-bond acceptors (Lipinski definition) is 4. The first-order chi connectivity index (χ1) is 11.4. The summed E-state index contributed by atoms with van der Waals surface area (Å²) in [6.45, 7) is 7.26. The number of nitrogens with zero attached hydrogens (tertiary/aromatic N) is 3. The highest BCUT2D eigenvalue weighted by molar-refractivity contribution is 5.92. The average Bonchev–Trinajstić information content (AvgIpc) is 3.02. The van der Waals surface area contributed by atoms with Gasteiger partial charge in [-0.1, -0.05) is 20.8 Å². The molecule has 1 N–H and O–H groups in total. The third-order valence-corrected chi connectivity index (χ3v) is 4.14. The molecule has 5 nitrogen and oxygen atoms in total. The number of pyridine rings is 1. The Hall–Kier alpha value is -2.56. The van der Waals surface area contributed by atoms with Crippen molar-refractivity contribution in [1.29, 1.82) is 0 Å². The first-order valence-electron chi connectivity index (χ1n) is 8.07. The maximum Gasteiger partial charge on any atom is 0.121 e. The molecule has 5 heteroatoms. The van der Waals surface area contributed by atoms with Crippen LogP contribution in [0.3, 0.4) is 0 Å². The molecule has 0 bridgehead atoms. The fourth-order valence-corrected chi connectivity index (χ4v) is 2.74. The second-order valence-electron chi connectivity index (χ2n) is 7.10. The molecule has 3 aromatic rings. The highest BCUT2D eigenvalue weighted by Gasteiger charge is 2.18. The summed E-state index contributed by atoms with van der Waals surface area (Å²) in [5.74, 6) is 0.818. The summed E-state index contributed by atoms with van der Waals surface area (Å²) in [4.78, 5) is 6.65. The molecule has 0 radical (unpaired) electrons. The number of aromatic amines is 1. The Bertz CT molecular complexity index is 848. The lowest BCUT2D eigenvalue weighted by Crippen LogP contribution is -2.17. The standard InChI is InChI=1S/C19H24N4O/c1-19(2,3)18-10-13(21-22-18)12-23(4)17-8-9-20-16-11-14(24-5)6-7-15(16)17/h6-11H,12H2,1-5H3,(H,21,22). The molecule has 0 atom stereocenters. The van der Waals surface area contributed by atoms with E-state index in [2.05, 4.69) is 60.0 Å². The summed E-state index contributed by atoms with van der Waals surface area (Å²) in [7, 11) is 3.75. The SMILES string of the molecule is COc1ccc2c(N(C)Cc3cc(C(C)(C)C)n[nH]3)ccnc2c1. The highest BCUT2D eigenvalue weighted by Crippen LogP contribution is 2.28. The van der Waals surface area contributed by atoms with Gasteiger partial charge >= 0.3 is 0 Å². The van der Waals surface area contributed by atoms with Crippen molar-refractivity contribution in [3.8, 4) is 5.75 Å². The number of aromatic nitrogens is 3. The van der Waals surface area contributed by atoms with Crippen molar-refractivity contribution in [3.05, 3.63) is 47.9 Å². The van der Waals surface area contributed by atoms with Crippen LogP contribution >= 0.6 is 0 Å². The molecule has 0 spiro atoms. The Kier molecular flexibility index (Phi) is 4.18. The molecule has 3 rings (SSSR count). The average molecular weight is 324 g/mol. The maximum absolute atomic E-state index is 5.29. The number of benzene rings is 1. The van der Waals surface area contributed by atoms with Gasteiger partial charge < -0.3 is 9.64 Å². The zero-order chi connectivity index (χ0) is 17.3. The van der Waals surface area contributed by atoms with Gasteiger partial charge in [0.05, 0.1) is 30.6 Å². The summed E-state index contributed by atoms with van der Waals surface area (Å²) in [6.07, 6.45) is 1.83. The van der Waals surface area contributed by atoms with E-state index in [0.29, 0.717) is 0 Å². The lowest BCUT2D eigenvalue weighted by molar-refractivity contribution is 0.415. The monoisotopic (exact) mass is 324 g/mol. The molecule has 0 aliphatic carbocycles. The van der Waals surface area contributed by atoms with Crippen LogP contribution in [-0.4, -0.2) is 29.3 Å². The first kappa shape index (κ1) is 16.3. The number of anilines is 1. The predicted octanol–water partition coefficient (Wildman–Crippen LogP) is 3.90. The largest absolute Gasteiger partial charge is 0.497 e. The Balaban J connectivity index is 1.88. The van der Waals surface area contributed by atoms with Gasteiger partial charge in [0.25, 0.3) is 0 Å². The summed E-state index contributed by atoms with van der Waals surface area (Å²) < 4.78 is 5.29. The van der Waals surface area contributed by atoms with Crippen LogP contribution in [0.15, 0.2) is 36.5 Å². The van der Waals surface area contributed by atoms with Crippen molar-refractivity contribution in [2.75, 3.05) is 19.1 Å². The van der Waals surface area contributed by atoms with Crippen LogP contribution in [0.2, 0.25) is 0 Å². The van der Waals surface area contributed by atoms with Gasteiger partial charge in [0.2, 0.25) is 0 Å². The van der Waals surface area contributed by atoms with E-state index in [4.69, 9.17) is 4.74 Å². The van der Waals surface area contributed by atoms with Crippen LogP contribution < -0.4 is 9.64 Å². The maximum atomic E-state index is 5.29. The Morgan fingerprint density at radius 1 is 1.17 bits per heavy atom. The van der Waals surface area contributed by atoms with E-state index in [1.54, 1.807) is 7.11 Å². The van der Waals surface area contributed by atoms with Crippen molar-refractivity contribution < 1.29 is 4.74 Å². The van der Waals surface area contributed by atoms with Crippen LogP contribution in [0.25, 0.3) is 10.9 Å². The molecule has 2 aromatic heterocycles. The molecule has 2 heterocycles. The Morgan fingerprint density at radius 3 is 2.62 bits per heavy atom. The van der Waals surface area contributed by atoms with Gasteiger partial charge in [0.1, 0.15) is 5.75 Å². The third-order valence-electron chi connectivity index (χ3n) is 4.14. The second kappa shape index (κ2) is 6.15. The molecule has 1 aromatic carbocycles. The van der Waals surface area contributed by atoms with Crippen molar-refractivity contribution in [3.63, 3.8) is 0 Å². The van der Waals surface area contributed by atoms with E-state index in [1.807, 2.05) is 24.4 Å². The number of H-pyrrole nitrogens is 1. The second-order valence-corrected chi connectivity index (χ2v) is 7.10. The number of methoxy groups -OCH3 is 1. The zero-order valence-electron chi connectivity index (χ0n) is 14.9. The molecule has 126 valence electrons. The topological polar surface area (TPSA) is 54.0 Å². The Morgan fingerprint density at radius 2 is 1.96 bits per heavy atom. The predicted molar refractivity (Wildman–Crippen MR) is 97.7 cm³/mol. The van der Waals surface area contributed by atoms with Crippen molar-refractivity contribution >= 4 is 16.6 Å². The fourth-order valence-electron chi connectivity index (χ4n) is 2.74.